The molecule has 1 N–H and O–H groups in total. The molecule has 0 amide bonds. The monoisotopic (exact) mass is 611 g/mol. The van der Waals surface area contributed by atoms with Crippen LogP contribution in [0.1, 0.15) is 66.7 Å². The number of aliphatic imine (C=N–C) groups is 3. The molecule has 242 valence electrons. The third kappa shape index (κ3) is 14.3. The first kappa shape index (κ1) is 38.6. The molecule has 2 unspecified atom stereocenters. The topological polar surface area (TPSA) is 94.1 Å². The summed E-state index contributed by atoms with van der Waals surface area (Å²) in [5, 5.41) is 11.5. The summed E-state index contributed by atoms with van der Waals surface area (Å²) in [7, 11) is 1.78. The molecule has 0 aromatic carbocycles. The number of rotatable bonds is 12. The van der Waals surface area contributed by atoms with Gasteiger partial charge in [-0.15, -0.1) is 24.0 Å². The van der Waals surface area contributed by atoms with Gasteiger partial charge in [-0.05, 0) is 77.0 Å². The van der Waals surface area contributed by atoms with Crippen molar-refractivity contribution in [2.75, 3.05) is 20.1 Å². The highest BCUT2D eigenvalue weighted by molar-refractivity contribution is 6.02. The number of aldehydes is 1. The maximum Gasteiger partial charge on any atom is 0.168 e. The van der Waals surface area contributed by atoms with E-state index in [1.165, 1.54) is 25.7 Å². The second kappa shape index (κ2) is 23.1. The molecule has 0 saturated heterocycles. The molecule has 8 heteroatoms. The van der Waals surface area contributed by atoms with Crippen molar-refractivity contribution in [3.63, 3.8) is 0 Å². The fourth-order valence-corrected chi connectivity index (χ4v) is 4.63. The average molecular weight is 612 g/mol. The SMILES string of the molecule is C#CC.C/C=C\C(=NC)NCC1=NN=CCN1C1CC1.C=CN=C(/C=C\CC1C=C(C=O)N=C(/C=C\C)C1C=C)C1CC1.CC. The van der Waals surface area contributed by atoms with Crippen LogP contribution in [-0.4, -0.2) is 66.7 Å². The molecule has 45 heavy (non-hydrogen) atoms. The number of hydrogen-bond donors (Lipinski definition) is 1. The van der Waals surface area contributed by atoms with E-state index in [0.29, 0.717) is 24.2 Å². The highest BCUT2D eigenvalue weighted by Gasteiger charge is 2.31. The highest BCUT2D eigenvalue weighted by atomic mass is 16.1. The molecule has 0 aromatic heterocycles. The third-order valence-electron chi connectivity index (χ3n) is 6.94. The molecule has 2 saturated carbocycles. The minimum atomic E-state index is 0.125. The average Bonchev–Trinajstić information content (AvgIpc) is 3.99. The minimum absolute atomic E-state index is 0.125. The Labute approximate surface area is 272 Å². The van der Waals surface area contributed by atoms with Crippen LogP contribution in [0, 0.1) is 30.1 Å². The Kier molecular flexibility index (Phi) is 19.8. The van der Waals surface area contributed by atoms with Gasteiger partial charge in [0.1, 0.15) is 11.7 Å². The Morgan fingerprint density at radius 1 is 1.18 bits per heavy atom. The predicted molar refractivity (Wildman–Crippen MR) is 195 cm³/mol. The van der Waals surface area contributed by atoms with E-state index in [0.717, 1.165) is 42.3 Å². The van der Waals surface area contributed by atoms with Crippen molar-refractivity contribution in [3.05, 3.63) is 73.7 Å². The van der Waals surface area contributed by atoms with Crippen LogP contribution in [0.4, 0.5) is 0 Å². The van der Waals surface area contributed by atoms with Crippen molar-refractivity contribution in [1.29, 1.82) is 0 Å². The number of carbonyl (C=O) groups is 1. The van der Waals surface area contributed by atoms with Gasteiger partial charge in [0.15, 0.2) is 6.29 Å². The second-order valence-electron chi connectivity index (χ2n) is 10.3. The lowest BCUT2D eigenvalue weighted by Gasteiger charge is -2.26. The minimum Gasteiger partial charge on any atom is -0.363 e. The summed E-state index contributed by atoms with van der Waals surface area (Å²) in [6.07, 6.45) is 30.6. The van der Waals surface area contributed by atoms with E-state index >= 15 is 0 Å². The molecule has 4 rings (SSSR count). The third-order valence-corrected chi connectivity index (χ3v) is 6.94. The quantitative estimate of drug-likeness (QED) is 0.0834. The van der Waals surface area contributed by atoms with Gasteiger partial charge in [-0.25, -0.2) is 4.99 Å². The zero-order valence-electron chi connectivity index (χ0n) is 28.2. The normalized spacial score (nSPS) is 21.2. The van der Waals surface area contributed by atoms with Crippen molar-refractivity contribution in [2.45, 2.75) is 72.8 Å². The van der Waals surface area contributed by atoms with E-state index in [-0.39, 0.29) is 11.8 Å². The molecular weight excluding hydrogens is 558 g/mol. The van der Waals surface area contributed by atoms with Crippen molar-refractivity contribution >= 4 is 35.6 Å². The number of carbonyl (C=O) groups excluding carboxylic acids is 1. The van der Waals surface area contributed by atoms with Crippen LogP contribution in [0.5, 0.6) is 0 Å². The molecule has 2 atom stereocenters. The van der Waals surface area contributed by atoms with Crippen molar-refractivity contribution in [2.24, 2.45) is 42.9 Å². The molecule has 4 aliphatic rings. The summed E-state index contributed by atoms with van der Waals surface area (Å²) in [6.45, 7) is 18.8. The number of allylic oxidation sites excluding steroid dienone is 8. The Bertz CT molecular complexity index is 1260. The van der Waals surface area contributed by atoms with E-state index in [1.807, 2.05) is 70.4 Å². The van der Waals surface area contributed by atoms with Gasteiger partial charge in [0, 0.05) is 48.8 Å². The van der Waals surface area contributed by atoms with Crippen molar-refractivity contribution in [3.8, 4) is 12.3 Å². The molecule has 0 bridgehead atoms. The molecule has 0 spiro atoms. The van der Waals surface area contributed by atoms with E-state index in [4.69, 9.17) is 0 Å². The lowest BCUT2D eigenvalue weighted by Crippen LogP contribution is -2.43. The largest absolute Gasteiger partial charge is 0.363 e. The number of nitrogens with one attached hydrogen (secondary N) is 1. The van der Waals surface area contributed by atoms with Gasteiger partial charge in [0.2, 0.25) is 0 Å². The number of terminal acetylenes is 1. The van der Waals surface area contributed by atoms with Crippen LogP contribution in [0.25, 0.3) is 0 Å². The summed E-state index contributed by atoms with van der Waals surface area (Å²) in [5.74, 6) is 5.05. The molecule has 2 aliphatic heterocycles. The standard InChI is InChI=1S/C20H24N2O.C12H19N5.C3H4.C2H6/c1-4-8-20-18(5-2)16(13-17(14-23)22-20)9-7-10-19(21-6-3)15-11-12-15;1-3-4-11(13-2)14-9-12-16-15-7-8-17(12)10-5-6-10;1-3-2;1-2/h4-8,10,13-16,18H,2-3,9,11-12H2,1H3;3-4,7,10H,5-6,8-9H2,1-2H3,(H,13,14);1H,2H3;1-2H3/b8-4-,10-7-,21-19?;4-3-;;. The molecule has 0 aromatic rings. The molecule has 8 nitrogen and oxygen atoms in total. The van der Waals surface area contributed by atoms with Gasteiger partial charge in [0.05, 0.1) is 18.8 Å². The fraction of sp³-hybridized carbons (Fsp3) is 0.459. The number of hydrogen-bond acceptors (Lipinski definition) is 7. The van der Waals surface area contributed by atoms with Gasteiger partial charge in [-0.1, -0.05) is 50.8 Å². The smallest absolute Gasteiger partial charge is 0.168 e. The second-order valence-corrected chi connectivity index (χ2v) is 10.3. The maximum atomic E-state index is 11.1. The molecule has 2 heterocycles. The first-order chi connectivity index (χ1) is 22.0. The summed E-state index contributed by atoms with van der Waals surface area (Å²) < 4.78 is 0. The van der Waals surface area contributed by atoms with Crippen LogP contribution in [0.15, 0.2) is 98.8 Å². The Hall–Kier alpha value is -4.38. The lowest BCUT2D eigenvalue weighted by atomic mass is 9.82. The van der Waals surface area contributed by atoms with Crippen LogP contribution >= 0.6 is 0 Å². The maximum absolute atomic E-state index is 11.1. The van der Waals surface area contributed by atoms with Crippen molar-refractivity contribution in [1.82, 2.24) is 10.2 Å². The van der Waals surface area contributed by atoms with Gasteiger partial charge in [-0.2, -0.15) is 5.10 Å². The zero-order chi connectivity index (χ0) is 33.5. The van der Waals surface area contributed by atoms with E-state index in [9.17, 15) is 4.79 Å². The Morgan fingerprint density at radius 2 is 1.89 bits per heavy atom. The van der Waals surface area contributed by atoms with E-state index in [1.54, 1.807) is 20.2 Å². The Morgan fingerprint density at radius 3 is 2.42 bits per heavy atom. The molecular formula is C37H53N7O. The fourth-order valence-electron chi connectivity index (χ4n) is 4.63. The van der Waals surface area contributed by atoms with Gasteiger partial charge in [-0.3, -0.25) is 14.8 Å². The van der Waals surface area contributed by atoms with Crippen LogP contribution < -0.4 is 5.32 Å². The molecule has 2 aliphatic carbocycles. The summed E-state index contributed by atoms with van der Waals surface area (Å²) >= 11 is 0. The number of nitrogens with zero attached hydrogens (tertiary/aromatic N) is 6. The lowest BCUT2D eigenvalue weighted by molar-refractivity contribution is -0.105. The number of amidine groups is 2. The zero-order valence-corrected chi connectivity index (χ0v) is 28.2. The molecule has 0 radical (unpaired) electrons. The first-order valence-electron chi connectivity index (χ1n) is 15.9. The van der Waals surface area contributed by atoms with E-state index in [2.05, 4.69) is 73.1 Å². The summed E-state index contributed by atoms with van der Waals surface area (Å²) in [6, 6.07) is 0.672. The van der Waals surface area contributed by atoms with Crippen LogP contribution in [0.2, 0.25) is 0 Å². The van der Waals surface area contributed by atoms with E-state index < -0.39 is 0 Å². The summed E-state index contributed by atoms with van der Waals surface area (Å²) in [4.78, 5) is 26.4. The predicted octanol–water partition coefficient (Wildman–Crippen LogP) is 7.17. The van der Waals surface area contributed by atoms with Crippen LogP contribution in [0.3, 0.4) is 0 Å². The van der Waals surface area contributed by atoms with Gasteiger partial charge < -0.3 is 10.2 Å². The first-order valence-corrected chi connectivity index (χ1v) is 15.9. The summed E-state index contributed by atoms with van der Waals surface area (Å²) in [5.41, 5.74) is 2.50. The highest BCUT2D eigenvalue weighted by Crippen LogP contribution is 2.32. The Balaban J connectivity index is 0.000000406. The van der Waals surface area contributed by atoms with Crippen molar-refractivity contribution < 1.29 is 4.79 Å². The van der Waals surface area contributed by atoms with Gasteiger partial charge in [0.25, 0.3) is 0 Å². The molecule has 2 fully saturated rings. The van der Waals surface area contributed by atoms with Crippen LogP contribution in [-0.2, 0) is 4.79 Å². The van der Waals surface area contributed by atoms with Gasteiger partial charge >= 0.3 is 0 Å².